The predicted molar refractivity (Wildman–Crippen MR) is 104 cm³/mol. The number of urea groups is 1. The number of nitrogens with one attached hydrogen (secondary N) is 4. The lowest BCUT2D eigenvalue weighted by Crippen LogP contribution is -2.50. The van der Waals surface area contributed by atoms with Crippen LogP contribution < -0.4 is 21.7 Å². The van der Waals surface area contributed by atoms with Gasteiger partial charge in [-0.1, -0.05) is 18.2 Å². The van der Waals surface area contributed by atoms with Gasteiger partial charge in [0.15, 0.2) is 5.78 Å². The van der Waals surface area contributed by atoms with Gasteiger partial charge in [-0.05, 0) is 44.9 Å². The summed E-state index contributed by atoms with van der Waals surface area (Å²) in [5.74, 6) is -0.352. The second-order valence-corrected chi connectivity index (χ2v) is 6.51. The zero-order valence-electron chi connectivity index (χ0n) is 15.7. The van der Waals surface area contributed by atoms with Gasteiger partial charge in [-0.15, -0.1) is 0 Å². The van der Waals surface area contributed by atoms with Crippen molar-refractivity contribution in [1.82, 2.24) is 20.9 Å². The third kappa shape index (κ3) is 5.82. The van der Waals surface area contributed by atoms with E-state index in [1.807, 2.05) is 30.5 Å². The number of hydrogen-bond donors (Lipinski definition) is 5. The Morgan fingerprint density at radius 1 is 1.19 bits per heavy atom. The molecule has 0 aliphatic rings. The van der Waals surface area contributed by atoms with Gasteiger partial charge in [0, 0.05) is 23.6 Å². The van der Waals surface area contributed by atoms with Crippen LogP contribution in [0.15, 0.2) is 30.5 Å². The minimum Gasteiger partial charge on any atom is -0.361 e. The number of rotatable bonds is 10. The van der Waals surface area contributed by atoms with Crippen molar-refractivity contribution in [2.45, 2.75) is 38.3 Å². The molecule has 0 unspecified atom stereocenters. The molecule has 1 heterocycles. The normalized spacial score (nSPS) is 13.1. The lowest BCUT2D eigenvalue weighted by atomic mass is 10.0. The number of para-hydroxylation sites is 1. The van der Waals surface area contributed by atoms with Crippen LogP contribution >= 0.6 is 0 Å². The molecule has 2 atom stereocenters. The number of benzene rings is 1. The van der Waals surface area contributed by atoms with E-state index in [4.69, 9.17) is 5.73 Å². The number of Topliss-reactive ketones (excluding diaryl/α,β-unsaturated/α-hetero) is 1. The largest absolute Gasteiger partial charge is 0.361 e. The molecule has 1 aromatic carbocycles. The number of likely N-dealkylation sites (N-methyl/N-ethyl adjacent to an activating group) is 1. The Bertz CT molecular complexity index is 801. The van der Waals surface area contributed by atoms with Gasteiger partial charge in [0.2, 0.25) is 5.91 Å². The molecule has 0 bridgehead atoms. The lowest BCUT2D eigenvalue weighted by molar-refractivity contribution is -0.128. The van der Waals surface area contributed by atoms with Crippen molar-refractivity contribution in [1.29, 1.82) is 0 Å². The van der Waals surface area contributed by atoms with Crippen LogP contribution in [0.25, 0.3) is 10.9 Å². The molecule has 8 heteroatoms. The molecule has 2 rings (SSSR count). The Hall–Kier alpha value is -2.87. The van der Waals surface area contributed by atoms with E-state index in [0.29, 0.717) is 25.8 Å². The van der Waals surface area contributed by atoms with Crippen molar-refractivity contribution in [3.63, 3.8) is 0 Å². The highest BCUT2D eigenvalue weighted by Gasteiger charge is 2.23. The molecular weight excluding hydrogens is 346 g/mol. The number of amides is 3. The van der Waals surface area contributed by atoms with Crippen LogP contribution in [0.1, 0.15) is 25.3 Å². The summed E-state index contributed by atoms with van der Waals surface area (Å²) in [7, 11) is 1.72. The summed E-state index contributed by atoms with van der Waals surface area (Å²) < 4.78 is 0. The zero-order valence-corrected chi connectivity index (χ0v) is 15.7. The Kier molecular flexibility index (Phi) is 7.36. The van der Waals surface area contributed by atoms with Gasteiger partial charge in [-0.3, -0.25) is 9.59 Å². The summed E-state index contributed by atoms with van der Waals surface area (Å²) in [5.41, 5.74) is 7.07. The fourth-order valence-corrected chi connectivity index (χ4v) is 3.01. The Labute approximate surface area is 158 Å². The van der Waals surface area contributed by atoms with Crippen LogP contribution in [0.5, 0.6) is 0 Å². The van der Waals surface area contributed by atoms with Crippen molar-refractivity contribution in [2.75, 3.05) is 13.6 Å². The highest BCUT2D eigenvalue weighted by molar-refractivity contribution is 5.90. The average Bonchev–Trinajstić information content (AvgIpc) is 3.04. The van der Waals surface area contributed by atoms with Crippen molar-refractivity contribution in [3.05, 3.63) is 36.0 Å². The molecule has 8 nitrogen and oxygen atoms in total. The number of carbonyl (C=O) groups is 3. The summed E-state index contributed by atoms with van der Waals surface area (Å²) in [6, 6.07) is 6.25. The summed E-state index contributed by atoms with van der Waals surface area (Å²) in [6.45, 7) is 1.81. The molecule has 146 valence electrons. The van der Waals surface area contributed by atoms with Gasteiger partial charge in [0.05, 0.1) is 12.1 Å². The maximum absolute atomic E-state index is 12.7. The number of nitrogens with two attached hydrogens (primary N) is 1. The summed E-state index contributed by atoms with van der Waals surface area (Å²) in [5, 5.41) is 9.38. The number of fused-ring (bicyclic) bond motifs is 1. The van der Waals surface area contributed by atoms with E-state index >= 15 is 0 Å². The minimum absolute atomic E-state index is 0.121. The molecule has 6 N–H and O–H groups in total. The predicted octanol–water partition coefficient (Wildman–Crippen LogP) is 0.821. The van der Waals surface area contributed by atoms with E-state index in [9.17, 15) is 14.4 Å². The number of primary amides is 1. The fraction of sp³-hybridized carbons (Fsp3) is 0.421. The van der Waals surface area contributed by atoms with E-state index in [-0.39, 0.29) is 11.7 Å². The van der Waals surface area contributed by atoms with Crippen LogP contribution in [-0.4, -0.2) is 48.4 Å². The molecule has 0 aliphatic carbocycles. The molecule has 2 aromatic rings. The van der Waals surface area contributed by atoms with Crippen LogP contribution in [0, 0.1) is 0 Å². The molecule has 0 saturated heterocycles. The Balaban J connectivity index is 1.97. The molecule has 0 fully saturated rings. The van der Waals surface area contributed by atoms with E-state index in [2.05, 4.69) is 20.9 Å². The molecule has 27 heavy (non-hydrogen) atoms. The van der Waals surface area contributed by atoms with Crippen molar-refractivity contribution >= 4 is 28.6 Å². The quantitative estimate of drug-likeness (QED) is 0.395. The molecule has 0 spiro atoms. The van der Waals surface area contributed by atoms with Crippen molar-refractivity contribution < 1.29 is 14.4 Å². The number of aromatic nitrogens is 1. The molecule has 3 amide bonds. The van der Waals surface area contributed by atoms with Gasteiger partial charge in [-0.2, -0.15) is 0 Å². The van der Waals surface area contributed by atoms with Gasteiger partial charge >= 0.3 is 6.03 Å². The number of aromatic amines is 1. The standard InChI is InChI=1S/C19H27N5O3/c1-12(25)15(8-5-9-22-19(20)27)24-18(26)17(21-2)10-13-11-23-16-7-4-3-6-14(13)16/h3-4,6-7,11,15,17,21,23H,5,8-10H2,1-2H3,(H,24,26)(H3,20,22,27)/t15-,17-/m1/s1. The van der Waals surface area contributed by atoms with Crippen molar-refractivity contribution in [2.24, 2.45) is 5.73 Å². The topological polar surface area (TPSA) is 129 Å². The molecule has 0 saturated carbocycles. The first-order valence-electron chi connectivity index (χ1n) is 8.98. The highest BCUT2D eigenvalue weighted by atomic mass is 16.2. The SMILES string of the molecule is CN[C@H](Cc1c[nH]c2ccccc12)C(=O)N[C@H](CCCNC(N)=O)C(C)=O. The maximum atomic E-state index is 12.7. The van der Waals surface area contributed by atoms with Crippen LogP contribution in [0.3, 0.4) is 0 Å². The number of H-pyrrole nitrogens is 1. The van der Waals surface area contributed by atoms with Gasteiger partial charge in [0.25, 0.3) is 0 Å². The summed E-state index contributed by atoms with van der Waals surface area (Å²) in [4.78, 5) is 38.4. The van der Waals surface area contributed by atoms with E-state index in [1.54, 1.807) is 7.05 Å². The molecule has 1 aromatic heterocycles. The second kappa shape index (κ2) is 9.72. The van der Waals surface area contributed by atoms with Gasteiger partial charge < -0.3 is 26.7 Å². The number of hydrogen-bond acceptors (Lipinski definition) is 4. The summed E-state index contributed by atoms with van der Waals surface area (Å²) in [6.07, 6.45) is 3.38. The number of carbonyl (C=O) groups excluding carboxylic acids is 3. The molecule has 0 aliphatic heterocycles. The minimum atomic E-state index is -0.604. The molecule has 0 radical (unpaired) electrons. The van der Waals surface area contributed by atoms with E-state index < -0.39 is 18.1 Å². The fourth-order valence-electron chi connectivity index (χ4n) is 3.01. The molecular formula is C19H27N5O3. The van der Waals surface area contributed by atoms with E-state index in [1.165, 1.54) is 6.92 Å². The number of ketones is 1. The monoisotopic (exact) mass is 373 g/mol. The highest BCUT2D eigenvalue weighted by Crippen LogP contribution is 2.19. The van der Waals surface area contributed by atoms with Gasteiger partial charge in [0.1, 0.15) is 0 Å². The van der Waals surface area contributed by atoms with Crippen LogP contribution in [-0.2, 0) is 16.0 Å². The second-order valence-electron chi connectivity index (χ2n) is 6.51. The Morgan fingerprint density at radius 3 is 2.59 bits per heavy atom. The first-order chi connectivity index (χ1) is 12.9. The van der Waals surface area contributed by atoms with Crippen molar-refractivity contribution in [3.8, 4) is 0 Å². The van der Waals surface area contributed by atoms with E-state index in [0.717, 1.165) is 16.5 Å². The maximum Gasteiger partial charge on any atom is 0.312 e. The van der Waals surface area contributed by atoms with Crippen LogP contribution in [0.2, 0.25) is 0 Å². The smallest absolute Gasteiger partial charge is 0.312 e. The third-order valence-corrected chi connectivity index (χ3v) is 4.54. The third-order valence-electron chi connectivity index (χ3n) is 4.54. The van der Waals surface area contributed by atoms with Gasteiger partial charge in [-0.25, -0.2) is 4.79 Å². The Morgan fingerprint density at radius 2 is 1.93 bits per heavy atom. The van der Waals surface area contributed by atoms with Crippen LogP contribution in [0.4, 0.5) is 4.79 Å². The summed E-state index contributed by atoms with van der Waals surface area (Å²) >= 11 is 0. The lowest BCUT2D eigenvalue weighted by Gasteiger charge is -2.21. The first kappa shape index (κ1) is 20.4. The first-order valence-corrected chi connectivity index (χ1v) is 8.98. The average molecular weight is 373 g/mol. The zero-order chi connectivity index (χ0) is 19.8.